The van der Waals surface area contributed by atoms with Crippen LogP contribution in [0.15, 0.2) is 27.6 Å². The molecule has 5 nitrogen and oxygen atoms in total. The average Bonchev–Trinajstić information content (AvgIpc) is 2.28. The second-order valence-electron chi connectivity index (χ2n) is 3.42. The Morgan fingerprint density at radius 2 is 2.18 bits per heavy atom. The molecule has 92 valence electrons. The van der Waals surface area contributed by atoms with Gasteiger partial charge in [0, 0.05) is 30.2 Å². The normalized spacial score (nSPS) is 11.4. The van der Waals surface area contributed by atoms with E-state index in [1.807, 2.05) is 6.07 Å². The fourth-order valence-corrected chi connectivity index (χ4v) is 3.34. The molecule has 0 aliphatic heterocycles. The van der Waals surface area contributed by atoms with E-state index in [2.05, 4.69) is 15.9 Å². The van der Waals surface area contributed by atoms with Crippen molar-refractivity contribution in [2.45, 2.75) is 11.3 Å². The number of benzene rings is 1. The molecule has 0 saturated heterocycles. The zero-order valence-electron chi connectivity index (χ0n) is 9.22. The number of rotatable bonds is 4. The van der Waals surface area contributed by atoms with Crippen LogP contribution in [-0.2, 0) is 10.0 Å². The Balaban J connectivity index is 3.13. The molecule has 0 bridgehead atoms. The maximum atomic E-state index is 12.1. The molecule has 0 spiro atoms. The van der Waals surface area contributed by atoms with Crippen LogP contribution < -0.4 is 5.73 Å². The van der Waals surface area contributed by atoms with Crippen molar-refractivity contribution < 1.29 is 8.42 Å². The van der Waals surface area contributed by atoms with Gasteiger partial charge in [0.2, 0.25) is 10.0 Å². The number of nitrogens with two attached hydrogens (primary N) is 1. The third-order valence-electron chi connectivity index (χ3n) is 2.18. The van der Waals surface area contributed by atoms with Gasteiger partial charge >= 0.3 is 0 Å². The Hall–Kier alpha value is -1.10. The molecule has 0 saturated carbocycles. The molecule has 0 aliphatic rings. The van der Waals surface area contributed by atoms with Gasteiger partial charge in [-0.25, -0.2) is 8.42 Å². The standard InChI is InChI=1S/C10H12BrN3O2S/c1-14(6-2-5-12)17(15,16)10-7-8(13)3-4-9(10)11/h3-4,7H,2,6,13H2,1H3. The maximum absolute atomic E-state index is 12.1. The summed E-state index contributed by atoms with van der Waals surface area (Å²) < 4.78 is 25.9. The third-order valence-corrected chi connectivity index (χ3v) is 5.03. The van der Waals surface area contributed by atoms with E-state index >= 15 is 0 Å². The van der Waals surface area contributed by atoms with E-state index in [1.165, 1.54) is 13.1 Å². The fraction of sp³-hybridized carbons (Fsp3) is 0.300. The molecular weight excluding hydrogens is 306 g/mol. The van der Waals surface area contributed by atoms with Crippen LogP contribution in [0.2, 0.25) is 0 Å². The highest BCUT2D eigenvalue weighted by Gasteiger charge is 2.23. The van der Waals surface area contributed by atoms with Gasteiger partial charge in [-0.05, 0) is 34.1 Å². The summed E-state index contributed by atoms with van der Waals surface area (Å²) in [5.41, 5.74) is 5.94. The molecule has 1 rings (SSSR count). The zero-order valence-corrected chi connectivity index (χ0v) is 11.6. The molecule has 0 aromatic heterocycles. The van der Waals surface area contributed by atoms with E-state index < -0.39 is 10.0 Å². The number of halogens is 1. The second kappa shape index (κ2) is 5.49. The predicted molar refractivity (Wildman–Crippen MR) is 68.6 cm³/mol. The number of nitrogens with zero attached hydrogens (tertiary/aromatic N) is 2. The summed E-state index contributed by atoms with van der Waals surface area (Å²) in [6.45, 7) is 0.153. The number of anilines is 1. The van der Waals surface area contributed by atoms with Gasteiger partial charge in [0.1, 0.15) is 0 Å². The first-order valence-electron chi connectivity index (χ1n) is 4.78. The Kier molecular flexibility index (Phi) is 4.51. The van der Waals surface area contributed by atoms with Crippen LogP contribution in [0.25, 0.3) is 0 Å². The molecule has 0 aliphatic carbocycles. The van der Waals surface area contributed by atoms with Crippen LogP contribution in [0, 0.1) is 11.3 Å². The van der Waals surface area contributed by atoms with E-state index in [-0.39, 0.29) is 17.9 Å². The van der Waals surface area contributed by atoms with E-state index in [0.717, 1.165) is 4.31 Å². The van der Waals surface area contributed by atoms with Crippen molar-refractivity contribution in [2.24, 2.45) is 0 Å². The fourth-order valence-electron chi connectivity index (χ4n) is 1.21. The minimum atomic E-state index is -3.61. The molecular formula is C10H12BrN3O2S. The monoisotopic (exact) mass is 317 g/mol. The molecule has 0 atom stereocenters. The molecule has 0 unspecified atom stereocenters. The Morgan fingerprint density at radius 3 is 2.76 bits per heavy atom. The van der Waals surface area contributed by atoms with Gasteiger partial charge in [-0.3, -0.25) is 0 Å². The third kappa shape index (κ3) is 3.19. The summed E-state index contributed by atoms with van der Waals surface area (Å²) in [5.74, 6) is 0. The van der Waals surface area contributed by atoms with Crippen LogP contribution in [0.4, 0.5) is 5.69 Å². The van der Waals surface area contributed by atoms with Gasteiger partial charge in [0.25, 0.3) is 0 Å². The predicted octanol–water partition coefficient (Wildman–Crippen LogP) is 1.57. The number of nitriles is 1. The van der Waals surface area contributed by atoms with Crippen molar-refractivity contribution in [2.75, 3.05) is 19.3 Å². The Labute approximate surface area is 109 Å². The summed E-state index contributed by atoms with van der Waals surface area (Å²) in [6.07, 6.45) is 0.148. The number of hydrogen-bond acceptors (Lipinski definition) is 4. The zero-order chi connectivity index (χ0) is 13.1. The SMILES string of the molecule is CN(CCC#N)S(=O)(=O)c1cc(N)ccc1Br. The van der Waals surface area contributed by atoms with Gasteiger partial charge in [-0.1, -0.05) is 0 Å². The van der Waals surface area contributed by atoms with Gasteiger partial charge in [-0.2, -0.15) is 9.57 Å². The van der Waals surface area contributed by atoms with Crippen molar-refractivity contribution in [3.63, 3.8) is 0 Å². The Bertz CT molecular complexity index is 551. The maximum Gasteiger partial charge on any atom is 0.244 e. The lowest BCUT2D eigenvalue weighted by atomic mass is 10.3. The van der Waals surface area contributed by atoms with E-state index in [1.54, 1.807) is 12.1 Å². The van der Waals surface area contributed by atoms with Crippen molar-refractivity contribution >= 4 is 31.6 Å². The Morgan fingerprint density at radius 1 is 1.53 bits per heavy atom. The minimum Gasteiger partial charge on any atom is -0.399 e. The van der Waals surface area contributed by atoms with Crippen LogP contribution in [0.1, 0.15) is 6.42 Å². The lowest BCUT2D eigenvalue weighted by molar-refractivity contribution is 0.476. The lowest BCUT2D eigenvalue weighted by Crippen LogP contribution is -2.28. The molecule has 17 heavy (non-hydrogen) atoms. The molecule has 0 heterocycles. The molecule has 0 fully saturated rings. The summed E-state index contributed by atoms with van der Waals surface area (Å²) >= 11 is 3.18. The lowest BCUT2D eigenvalue weighted by Gasteiger charge is -2.16. The van der Waals surface area contributed by atoms with Crippen LogP contribution in [-0.4, -0.2) is 26.3 Å². The highest BCUT2D eigenvalue weighted by atomic mass is 79.9. The largest absolute Gasteiger partial charge is 0.399 e. The van der Waals surface area contributed by atoms with Crippen molar-refractivity contribution in [3.05, 3.63) is 22.7 Å². The van der Waals surface area contributed by atoms with Gasteiger partial charge in [-0.15, -0.1) is 0 Å². The number of nitrogen functional groups attached to an aromatic ring is 1. The molecule has 7 heteroatoms. The first-order valence-corrected chi connectivity index (χ1v) is 7.01. The first-order chi connectivity index (χ1) is 7.89. The summed E-state index contributed by atoms with van der Waals surface area (Å²) in [6, 6.07) is 6.49. The molecule has 2 N–H and O–H groups in total. The molecule has 0 radical (unpaired) electrons. The van der Waals surface area contributed by atoms with Crippen molar-refractivity contribution in [1.29, 1.82) is 5.26 Å². The van der Waals surface area contributed by atoms with Crippen molar-refractivity contribution in [1.82, 2.24) is 4.31 Å². The van der Waals surface area contributed by atoms with Crippen LogP contribution >= 0.6 is 15.9 Å². The van der Waals surface area contributed by atoms with E-state index in [9.17, 15) is 8.42 Å². The average molecular weight is 318 g/mol. The van der Waals surface area contributed by atoms with E-state index in [4.69, 9.17) is 11.0 Å². The first kappa shape index (κ1) is 14.0. The summed E-state index contributed by atoms with van der Waals surface area (Å²) in [4.78, 5) is 0.109. The quantitative estimate of drug-likeness (QED) is 0.854. The summed E-state index contributed by atoms with van der Waals surface area (Å²) in [7, 11) is -2.18. The van der Waals surface area contributed by atoms with Gasteiger partial charge in [0.15, 0.2) is 0 Å². The topological polar surface area (TPSA) is 87.2 Å². The highest BCUT2D eigenvalue weighted by molar-refractivity contribution is 9.10. The van der Waals surface area contributed by atoms with E-state index in [0.29, 0.717) is 10.2 Å². The summed E-state index contributed by atoms with van der Waals surface area (Å²) in [5, 5.41) is 8.45. The van der Waals surface area contributed by atoms with Gasteiger partial charge in [0.05, 0.1) is 11.0 Å². The van der Waals surface area contributed by atoms with Crippen LogP contribution in [0.5, 0.6) is 0 Å². The van der Waals surface area contributed by atoms with Crippen LogP contribution in [0.3, 0.4) is 0 Å². The number of sulfonamides is 1. The molecule has 0 amide bonds. The van der Waals surface area contributed by atoms with Crippen molar-refractivity contribution in [3.8, 4) is 6.07 Å². The highest BCUT2D eigenvalue weighted by Crippen LogP contribution is 2.26. The second-order valence-corrected chi connectivity index (χ2v) is 6.29. The molecule has 1 aromatic carbocycles. The molecule has 1 aromatic rings. The minimum absolute atomic E-state index is 0.109. The smallest absolute Gasteiger partial charge is 0.244 e. The van der Waals surface area contributed by atoms with Gasteiger partial charge < -0.3 is 5.73 Å². The number of hydrogen-bond donors (Lipinski definition) is 1.